The second-order valence-corrected chi connectivity index (χ2v) is 12.0. The van der Waals surface area contributed by atoms with E-state index < -0.39 is 42.6 Å². The third-order valence-electron chi connectivity index (χ3n) is 9.29. The molecule has 41 heavy (non-hydrogen) atoms. The monoisotopic (exact) mass is 571 g/mol. The Morgan fingerprint density at radius 1 is 1.17 bits per heavy atom. The van der Waals surface area contributed by atoms with E-state index in [9.17, 15) is 18.4 Å². The summed E-state index contributed by atoms with van der Waals surface area (Å²) in [6, 6.07) is 3.41. The van der Waals surface area contributed by atoms with E-state index in [1.165, 1.54) is 0 Å². The van der Waals surface area contributed by atoms with Crippen LogP contribution in [0.5, 0.6) is 0 Å². The van der Waals surface area contributed by atoms with Gasteiger partial charge in [0.1, 0.15) is 17.0 Å². The fraction of sp³-hybridized carbons (Fsp3) is 0.586. The summed E-state index contributed by atoms with van der Waals surface area (Å²) in [5.41, 5.74) is 7.85. The lowest BCUT2D eigenvalue weighted by atomic mass is 9.73. The molecule has 2 aromatic heterocycles. The van der Waals surface area contributed by atoms with Gasteiger partial charge < -0.3 is 20.9 Å². The Labute approximate surface area is 236 Å². The zero-order chi connectivity index (χ0) is 29.1. The van der Waals surface area contributed by atoms with Crippen LogP contribution in [-0.4, -0.2) is 68.6 Å². The Bertz CT molecular complexity index is 1470. The summed E-state index contributed by atoms with van der Waals surface area (Å²) in [6.45, 7) is 4.08. The van der Waals surface area contributed by atoms with Gasteiger partial charge in [0.25, 0.3) is 11.8 Å². The van der Waals surface area contributed by atoms with Gasteiger partial charge >= 0.3 is 0 Å². The second-order valence-electron chi connectivity index (χ2n) is 12.0. The zero-order valence-electron chi connectivity index (χ0n) is 23.3. The number of amides is 2. The van der Waals surface area contributed by atoms with Gasteiger partial charge in [-0.2, -0.15) is 5.10 Å². The first-order chi connectivity index (χ1) is 19.6. The van der Waals surface area contributed by atoms with Gasteiger partial charge in [0.15, 0.2) is 5.82 Å². The summed E-state index contributed by atoms with van der Waals surface area (Å²) in [7, 11) is 0. The average molecular weight is 572 g/mol. The molecule has 0 radical (unpaired) electrons. The molecule has 2 saturated heterocycles. The number of H-pyrrole nitrogens is 1. The molecular weight excluding hydrogens is 535 g/mol. The molecule has 9 nitrogen and oxygen atoms in total. The Balaban J connectivity index is 1.37. The molecule has 2 aliphatic heterocycles. The molecule has 2 amide bonds. The molecule has 220 valence electrons. The first-order valence-corrected chi connectivity index (χ1v) is 14.5. The minimum absolute atomic E-state index is 0.156. The lowest BCUT2D eigenvalue weighted by Crippen LogP contribution is -2.60. The van der Waals surface area contributed by atoms with Crippen molar-refractivity contribution in [2.75, 3.05) is 26.2 Å². The highest BCUT2D eigenvalue weighted by molar-refractivity contribution is 5.93. The molecule has 0 bridgehead atoms. The molecule has 3 atom stereocenters. The van der Waals surface area contributed by atoms with Crippen LogP contribution in [-0.2, 0) is 11.3 Å². The van der Waals surface area contributed by atoms with Gasteiger partial charge in [0.05, 0.1) is 30.7 Å². The van der Waals surface area contributed by atoms with Crippen LogP contribution in [0, 0.1) is 23.6 Å². The number of imidazole rings is 1. The molecule has 12 heteroatoms. The van der Waals surface area contributed by atoms with Gasteiger partial charge in [0.2, 0.25) is 5.91 Å². The van der Waals surface area contributed by atoms with Gasteiger partial charge in [-0.25, -0.2) is 18.2 Å². The van der Waals surface area contributed by atoms with E-state index in [0.717, 1.165) is 30.6 Å². The predicted molar refractivity (Wildman–Crippen MR) is 146 cm³/mol. The maximum atomic E-state index is 16.2. The van der Waals surface area contributed by atoms with Crippen molar-refractivity contribution in [3.05, 3.63) is 46.8 Å². The molecule has 3 fully saturated rings. The molecule has 4 heterocycles. The Kier molecular flexibility index (Phi) is 7.07. The zero-order valence-corrected chi connectivity index (χ0v) is 23.3. The van der Waals surface area contributed by atoms with E-state index in [2.05, 4.69) is 22.3 Å². The Hall–Kier alpha value is -3.41. The molecule has 1 aliphatic carbocycles. The number of aromatic amines is 1. The highest BCUT2D eigenvalue weighted by Crippen LogP contribution is 2.43. The van der Waals surface area contributed by atoms with E-state index in [-0.39, 0.29) is 23.3 Å². The van der Waals surface area contributed by atoms with E-state index in [1.54, 1.807) is 23.0 Å². The van der Waals surface area contributed by atoms with Crippen molar-refractivity contribution < 1.29 is 22.8 Å². The number of carbonyl (C=O) groups is 2. The Morgan fingerprint density at radius 3 is 2.56 bits per heavy atom. The number of benzene rings is 1. The first kappa shape index (κ1) is 27.7. The quantitative estimate of drug-likeness (QED) is 0.399. The number of carbonyl (C=O) groups excluding carboxylic acids is 2. The standard InChI is InChI=1S/C29H36F3N7O2/c1-3-39-25(26(33)40)20(12-35-39)22(16-6-4-15(2)5-7-16)27-36-21-9-8-17(23(30)24(21)37-27)18-10-34-11-19(18)28(41)38-13-29(31,32)14-38/h8-9,12,15-16,18-19,22,34H,3-7,10-11,13-14H2,1-2H3,(H2,33,40)(H,36,37)/t15?,16?,18?,19?,22-/m0/s1. The lowest BCUT2D eigenvalue weighted by Gasteiger charge is -2.40. The smallest absolute Gasteiger partial charge is 0.282 e. The summed E-state index contributed by atoms with van der Waals surface area (Å²) in [6.07, 6.45) is 5.63. The number of aromatic nitrogens is 4. The molecule has 3 aliphatic rings. The van der Waals surface area contributed by atoms with Gasteiger partial charge in [-0.3, -0.25) is 14.3 Å². The van der Waals surface area contributed by atoms with Crippen molar-refractivity contribution in [1.29, 1.82) is 0 Å². The van der Waals surface area contributed by atoms with Crippen LogP contribution >= 0.6 is 0 Å². The van der Waals surface area contributed by atoms with Crippen LogP contribution in [0.3, 0.4) is 0 Å². The van der Waals surface area contributed by atoms with Gasteiger partial charge in [-0.1, -0.05) is 25.8 Å². The number of halogens is 3. The molecule has 3 aromatic rings. The number of nitrogens with one attached hydrogen (secondary N) is 2. The van der Waals surface area contributed by atoms with Crippen molar-refractivity contribution in [3.8, 4) is 0 Å². The highest BCUT2D eigenvalue weighted by atomic mass is 19.3. The fourth-order valence-corrected chi connectivity index (χ4v) is 7.06. The number of aryl methyl sites for hydroxylation is 1. The largest absolute Gasteiger partial charge is 0.364 e. The van der Waals surface area contributed by atoms with Crippen LogP contribution in [0.15, 0.2) is 18.3 Å². The number of alkyl halides is 2. The van der Waals surface area contributed by atoms with Crippen molar-refractivity contribution in [1.82, 2.24) is 30.0 Å². The molecule has 1 saturated carbocycles. The molecule has 4 N–H and O–H groups in total. The van der Waals surface area contributed by atoms with Gasteiger partial charge in [0, 0.05) is 37.0 Å². The summed E-state index contributed by atoms with van der Waals surface area (Å²) < 4.78 is 44.6. The first-order valence-electron chi connectivity index (χ1n) is 14.5. The number of nitrogens with zero attached hydrogens (tertiary/aromatic N) is 4. The van der Waals surface area contributed by atoms with Gasteiger partial charge in [-0.05, 0) is 43.2 Å². The minimum atomic E-state index is -2.86. The summed E-state index contributed by atoms with van der Waals surface area (Å²) in [5, 5.41) is 7.55. The van der Waals surface area contributed by atoms with E-state index in [1.807, 2.05) is 6.92 Å². The third-order valence-corrected chi connectivity index (χ3v) is 9.29. The van der Waals surface area contributed by atoms with Crippen LogP contribution in [0.25, 0.3) is 11.0 Å². The van der Waals surface area contributed by atoms with Crippen LogP contribution < -0.4 is 11.1 Å². The number of fused-ring (bicyclic) bond motifs is 1. The maximum Gasteiger partial charge on any atom is 0.282 e. The summed E-state index contributed by atoms with van der Waals surface area (Å²) in [5.74, 6) is -4.47. The molecular formula is C29H36F3N7O2. The average Bonchev–Trinajstić information content (AvgIpc) is 3.67. The highest BCUT2D eigenvalue weighted by Gasteiger charge is 2.49. The maximum absolute atomic E-state index is 16.2. The predicted octanol–water partition coefficient (Wildman–Crippen LogP) is 3.76. The van der Waals surface area contributed by atoms with E-state index in [0.29, 0.717) is 53.7 Å². The number of rotatable bonds is 7. The Morgan fingerprint density at radius 2 is 1.90 bits per heavy atom. The number of primary amides is 1. The minimum Gasteiger partial charge on any atom is -0.364 e. The van der Waals surface area contributed by atoms with Gasteiger partial charge in [-0.15, -0.1) is 0 Å². The van der Waals surface area contributed by atoms with E-state index >= 15 is 4.39 Å². The van der Waals surface area contributed by atoms with E-state index in [4.69, 9.17) is 10.7 Å². The SMILES string of the molecule is CCn1ncc([C@@H](c2nc3c(F)c(C4CNCC4C(=O)N4CC(F)(F)C4)ccc3[nH]2)C2CCC(C)CC2)c1C(N)=O. The fourth-order valence-electron chi connectivity index (χ4n) is 7.06. The van der Waals surface area contributed by atoms with Crippen molar-refractivity contribution in [3.63, 3.8) is 0 Å². The van der Waals surface area contributed by atoms with Crippen LogP contribution in [0.2, 0.25) is 0 Å². The van der Waals surface area contributed by atoms with Crippen molar-refractivity contribution >= 4 is 22.8 Å². The lowest BCUT2D eigenvalue weighted by molar-refractivity contribution is -0.169. The van der Waals surface area contributed by atoms with Crippen molar-refractivity contribution in [2.45, 2.75) is 63.8 Å². The number of likely N-dealkylation sites (tertiary alicyclic amines) is 1. The summed E-state index contributed by atoms with van der Waals surface area (Å²) >= 11 is 0. The topological polar surface area (TPSA) is 122 Å². The number of hydrogen-bond donors (Lipinski definition) is 3. The number of hydrogen-bond acceptors (Lipinski definition) is 5. The summed E-state index contributed by atoms with van der Waals surface area (Å²) in [4.78, 5) is 34.8. The van der Waals surface area contributed by atoms with Crippen LogP contribution in [0.4, 0.5) is 13.2 Å². The molecule has 1 aromatic carbocycles. The van der Waals surface area contributed by atoms with Crippen molar-refractivity contribution in [2.24, 2.45) is 23.5 Å². The molecule has 6 rings (SSSR count). The van der Waals surface area contributed by atoms with Crippen LogP contribution in [0.1, 0.15) is 78.8 Å². The molecule has 2 unspecified atom stereocenters. The third kappa shape index (κ3) is 4.89. The number of nitrogens with two attached hydrogens (primary N) is 1. The second kappa shape index (κ2) is 10.5. The normalized spacial score (nSPS) is 26.7. The molecule has 0 spiro atoms.